The third-order valence-corrected chi connectivity index (χ3v) is 6.34. The largest absolute Gasteiger partial charge is 0.383 e. The van der Waals surface area contributed by atoms with E-state index in [1.807, 2.05) is 20.0 Å². The molecule has 0 aliphatic rings. The Hall–Kier alpha value is -0.470. The van der Waals surface area contributed by atoms with Crippen LogP contribution in [-0.2, 0) is 21.2 Å². The van der Waals surface area contributed by atoms with E-state index in [2.05, 4.69) is 5.32 Å². The maximum absolute atomic E-state index is 12.4. The zero-order chi connectivity index (χ0) is 14.3. The Morgan fingerprint density at radius 1 is 1.42 bits per heavy atom. The first-order valence-corrected chi connectivity index (χ1v) is 8.54. The van der Waals surface area contributed by atoms with Crippen molar-refractivity contribution in [1.29, 1.82) is 0 Å². The second-order valence-electron chi connectivity index (χ2n) is 4.06. The fourth-order valence-electron chi connectivity index (χ4n) is 1.65. The molecule has 0 amide bonds. The van der Waals surface area contributed by atoms with Crippen LogP contribution < -0.4 is 5.32 Å². The zero-order valence-electron chi connectivity index (χ0n) is 11.7. The van der Waals surface area contributed by atoms with Crippen molar-refractivity contribution < 1.29 is 13.2 Å². The predicted molar refractivity (Wildman–Crippen MR) is 78.3 cm³/mol. The quantitative estimate of drug-likeness (QED) is 0.744. The standard InChI is InChI=1S/C12H22N2O3S2/c1-4-14(9-10-17-3)19(15,16)12-6-5-11(18-12)7-8-13-2/h5-6,13H,4,7-10H2,1-3H3. The summed E-state index contributed by atoms with van der Waals surface area (Å²) in [5.74, 6) is 0. The smallest absolute Gasteiger partial charge is 0.252 e. The molecular formula is C12H22N2O3S2. The second-order valence-corrected chi connectivity index (χ2v) is 7.40. The predicted octanol–water partition coefficient (Wildman–Crippen LogP) is 1.17. The molecule has 1 heterocycles. The maximum Gasteiger partial charge on any atom is 0.252 e. The van der Waals surface area contributed by atoms with E-state index in [-0.39, 0.29) is 0 Å². The molecule has 0 aliphatic heterocycles. The van der Waals surface area contributed by atoms with Gasteiger partial charge < -0.3 is 10.1 Å². The first-order valence-electron chi connectivity index (χ1n) is 6.28. The summed E-state index contributed by atoms with van der Waals surface area (Å²) < 4.78 is 31.7. The number of likely N-dealkylation sites (N-methyl/N-ethyl adjacent to an activating group) is 2. The Morgan fingerprint density at radius 2 is 2.16 bits per heavy atom. The van der Waals surface area contributed by atoms with Gasteiger partial charge in [0.05, 0.1) is 6.61 Å². The molecule has 7 heteroatoms. The normalized spacial score (nSPS) is 12.2. The summed E-state index contributed by atoms with van der Waals surface area (Å²) in [4.78, 5) is 1.08. The molecule has 0 spiro atoms. The van der Waals surface area contributed by atoms with Crippen molar-refractivity contribution in [3.63, 3.8) is 0 Å². The minimum atomic E-state index is -3.38. The summed E-state index contributed by atoms with van der Waals surface area (Å²) in [7, 11) is 0.0785. The molecule has 0 saturated heterocycles. The number of nitrogens with zero attached hydrogens (tertiary/aromatic N) is 1. The fourth-order valence-corrected chi connectivity index (χ4v) is 4.59. The molecule has 0 atom stereocenters. The Labute approximate surface area is 119 Å². The minimum Gasteiger partial charge on any atom is -0.383 e. The summed E-state index contributed by atoms with van der Waals surface area (Å²) >= 11 is 1.35. The Bertz CT molecular complexity index is 471. The summed E-state index contributed by atoms with van der Waals surface area (Å²) in [6.45, 7) is 3.93. The molecule has 0 fully saturated rings. The summed E-state index contributed by atoms with van der Waals surface area (Å²) in [5, 5.41) is 3.06. The number of hydrogen-bond donors (Lipinski definition) is 1. The SMILES string of the molecule is CCN(CCOC)S(=O)(=O)c1ccc(CCNC)s1. The summed E-state index contributed by atoms with van der Waals surface area (Å²) in [6, 6.07) is 3.58. The highest BCUT2D eigenvalue weighted by atomic mass is 32.2. The molecule has 5 nitrogen and oxygen atoms in total. The molecular weight excluding hydrogens is 284 g/mol. The van der Waals surface area contributed by atoms with E-state index in [1.54, 1.807) is 13.2 Å². The van der Waals surface area contributed by atoms with Crippen LogP contribution in [0.25, 0.3) is 0 Å². The van der Waals surface area contributed by atoms with Crippen LogP contribution in [0, 0.1) is 0 Å². The number of methoxy groups -OCH3 is 1. The van der Waals surface area contributed by atoms with Crippen LogP contribution in [0.1, 0.15) is 11.8 Å². The van der Waals surface area contributed by atoms with E-state index in [9.17, 15) is 8.42 Å². The molecule has 0 aliphatic carbocycles. The van der Waals surface area contributed by atoms with Crippen molar-refractivity contribution in [3.8, 4) is 0 Å². The Morgan fingerprint density at radius 3 is 2.74 bits per heavy atom. The lowest BCUT2D eigenvalue weighted by molar-refractivity contribution is 0.180. The van der Waals surface area contributed by atoms with Gasteiger partial charge in [0.2, 0.25) is 0 Å². The average molecular weight is 306 g/mol. The van der Waals surface area contributed by atoms with E-state index >= 15 is 0 Å². The molecule has 0 saturated carbocycles. The minimum absolute atomic E-state index is 0.388. The van der Waals surface area contributed by atoms with Crippen molar-refractivity contribution in [2.75, 3.05) is 40.4 Å². The third kappa shape index (κ3) is 4.54. The first kappa shape index (κ1) is 16.6. The number of ether oxygens (including phenoxy) is 1. The number of nitrogens with one attached hydrogen (secondary N) is 1. The summed E-state index contributed by atoms with van der Waals surface area (Å²) in [5.41, 5.74) is 0. The average Bonchev–Trinajstić information content (AvgIpc) is 2.86. The topological polar surface area (TPSA) is 58.6 Å². The highest BCUT2D eigenvalue weighted by molar-refractivity contribution is 7.91. The molecule has 19 heavy (non-hydrogen) atoms. The van der Waals surface area contributed by atoms with Gasteiger partial charge in [-0.3, -0.25) is 0 Å². The number of rotatable bonds is 9. The van der Waals surface area contributed by atoms with Crippen molar-refractivity contribution in [3.05, 3.63) is 17.0 Å². The first-order chi connectivity index (χ1) is 9.06. The van der Waals surface area contributed by atoms with Gasteiger partial charge in [0.15, 0.2) is 0 Å². The van der Waals surface area contributed by atoms with Crippen molar-refractivity contribution in [1.82, 2.24) is 9.62 Å². The van der Waals surface area contributed by atoms with Gasteiger partial charge in [0.25, 0.3) is 10.0 Å². The number of hydrogen-bond acceptors (Lipinski definition) is 5. The summed E-state index contributed by atoms with van der Waals surface area (Å²) in [6.07, 6.45) is 0.848. The number of sulfonamides is 1. The van der Waals surface area contributed by atoms with E-state index in [1.165, 1.54) is 15.6 Å². The highest BCUT2D eigenvalue weighted by Crippen LogP contribution is 2.25. The number of thiophene rings is 1. The van der Waals surface area contributed by atoms with Crippen LogP contribution in [0.2, 0.25) is 0 Å². The molecule has 1 rings (SSSR count). The molecule has 0 radical (unpaired) electrons. The molecule has 1 aromatic heterocycles. The maximum atomic E-state index is 12.4. The second kappa shape index (κ2) is 7.96. The van der Waals surface area contributed by atoms with Gasteiger partial charge in [-0.15, -0.1) is 11.3 Å². The molecule has 110 valence electrons. The Balaban J connectivity index is 2.82. The van der Waals surface area contributed by atoms with Crippen LogP contribution in [0.15, 0.2) is 16.3 Å². The van der Waals surface area contributed by atoms with Crippen LogP contribution >= 0.6 is 11.3 Å². The van der Waals surface area contributed by atoms with Gasteiger partial charge in [-0.1, -0.05) is 6.92 Å². The lowest BCUT2D eigenvalue weighted by atomic mass is 10.3. The van der Waals surface area contributed by atoms with E-state index in [4.69, 9.17) is 4.74 Å². The van der Waals surface area contributed by atoms with Crippen molar-refractivity contribution in [2.45, 2.75) is 17.6 Å². The lowest BCUT2D eigenvalue weighted by Gasteiger charge is -2.18. The van der Waals surface area contributed by atoms with Gasteiger partial charge in [-0.2, -0.15) is 4.31 Å². The van der Waals surface area contributed by atoms with Gasteiger partial charge >= 0.3 is 0 Å². The van der Waals surface area contributed by atoms with Crippen molar-refractivity contribution in [2.24, 2.45) is 0 Å². The van der Waals surface area contributed by atoms with Crippen molar-refractivity contribution >= 4 is 21.4 Å². The zero-order valence-corrected chi connectivity index (χ0v) is 13.3. The van der Waals surface area contributed by atoms with E-state index in [0.717, 1.165) is 17.8 Å². The molecule has 0 bridgehead atoms. The third-order valence-electron chi connectivity index (χ3n) is 2.75. The highest BCUT2D eigenvalue weighted by Gasteiger charge is 2.24. The van der Waals surface area contributed by atoms with Crippen LogP contribution in [0.3, 0.4) is 0 Å². The van der Waals surface area contributed by atoms with Gasteiger partial charge in [-0.05, 0) is 32.1 Å². The van der Waals surface area contributed by atoms with E-state index in [0.29, 0.717) is 23.9 Å². The fraction of sp³-hybridized carbons (Fsp3) is 0.667. The van der Waals surface area contributed by atoms with Gasteiger partial charge in [0.1, 0.15) is 4.21 Å². The lowest BCUT2D eigenvalue weighted by Crippen LogP contribution is -2.33. The molecule has 1 N–H and O–H groups in total. The molecule has 0 unspecified atom stereocenters. The van der Waals surface area contributed by atoms with Crippen LogP contribution in [0.4, 0.5) is 0 Å². The molecule has 0 aromatic carbocycles. The monoisotopic (exact) mass is 306 g/mol. The van der Waals surface area contributed by atoms with Crippen LogP contribution in [0.5, 0.6) is 0 Å². The van der Waals surface area contributed by atoms with Crippen LogP contribution in [-0.4, -0.2) is 53.1 Å². The van der Waals surface area contributed by atoms with Gasteiger partial charge in [0, 0.05) is 25.1 Å². The van der Waals surface area contributed by atoms with Gasteiger partial charge in [-0.25, -0.2) is 8.42 Å². The van der Waals surface area contributed by atoms with E-state index < -0.39 is 10.0 Å². The molecule has 1 aromatic rings. The Kier molecular flexibility index (Phi) is 6.95.